The van der Waals surface area contributed by atoms with Crippen molar-refractivity contribution in [2.24, 2.45) is 5.73 Å². The Hall–Kier alpha value is -3.76. The van der Waals surface area contributed by atoms with Crippen LogP contribution >= 0.6 is 0 Å². The summed E-state index contributed by atoms with van der Waals surface area (Å²) in [6, 6.07) is 13.6. The number of carbonyl (C=O) groups is 4. The molecule has 10 heteroatoms. The van der Waals surface area contributed by atoms with Gasteiger partial charge >= 0.3 is 0 Å². The van der Waals surface area contributed by atoms with Gasteiger partial charge in [-0.1, -0.05) is 42.5 Å². The number of ether oxygens (including phenoxy) is 2. The molecule has 210 valence electrons. The molecular formula is C29H38N4O6. The van der Waals surface area contributed by atoms with Crippen LogP contribution in [0.2, 0.25) is 0 Å². The highest BCUT2D eigenvalue weighted by Crippen LogP contribution is 2.29. The van der Waals surface area contributed by atoms with Crippen molar-refractivity contribution < 1.29 is 28.7 Å². The first kappa shape index (κ1) is 29.8. The number of Topliss-reactive ketones (excluding diaryl/α,β-unsaturated/α-hetero) is 1. The summed E-state index contributed by atoms with van der Waals surface area (Å²) in [5, 5.41) is 8.15. The first-order valence-corrected chi connectivity index (χ1v) is 12.9. The predicted octanol–water partition coefficient (Wildman–Crippen LogP) is 1.05. The largest absolute Gasteiger partial charge is 0.497 e. The molecule has 5 N–H and O–H groups in total. The predicted molar refractivity (Wildman–Crippen MR) is 146 cm³/mol. The summed E-state index contributed by atoms with van der Waals surface area (Å²) in [6.45, 7) is 6.54. The van der Waals surface area contributed by atoms with E-state index >= 15 is 0 Å². The van der Waals surface area contributed by atoms with Crippen LogP contribution in [0.3, 0.4) is 0 Å². The molecule has 1 saturated heterocycles. The zero-order valence-corrected chi connectivity index (χ0v) is 23.1. The third-order valence-corrected chi connectivity index (χ3v) is 6.57. The van der Waals surface area contributed by atoms with Crippen LogP contribution in [0.25, 0.3) is 0 Å². The van der Waals surface area contributed by atoms with E-state index in [2.05, 4.69) is 16.0 Å². The fourth-order valence-corrected chi connectivity index (χ4v) is 3.90. The fourth-order valence-electron chi connectivity index (χ4n) is 3.90. The van der Waals surface area contributed by atoms with Gasteiger partial charge in [-0.15, -0.1) is 0 Å². The quantitative estimate of drug-likeness (QED) is 0.278. The summed E-state index contributed by atoms with van der Waals surface area (Å²) >= 11 is 0. The molecule has 4 atom stereocenters. The Bertz CT molecular complexity index is 1170. The van der Waals surface area contributed by atoms with Crippen molar-refractivity contribution in [3.05, 3.63) is 65.7 Å². The van der Waals surface area contributed by atoms with Crippen LogP contribution in [0.4, 0.5) is 0 Å². The minimum Gasteiger partial charge on any atom is -0.497 e. The topological polar surface area (TPSA) is 152 Å². The maximum Gasteiger partial charge on any atom is 0.243 e. The standard InChI is InChI=1S/C29H38N4O6/c1-18(31-27(37)28(2,3)30)25(35)33-23(16-20-11-13-21(38-5)14-12-20)26(36)32-22(24(34)29(4)17-39-29)15-19-9-7-6-8-10-19/h6-14,18,22-23H,15-17,30H2,1-5H3,(H,31,37)(H,32,36)(H,33,35)/t18-,22-,23-,29+/m0/s1. The van der Waals surface area contributed by atoms with Gasteiger partial charge in [-0.25, -0.2) is 0 Å². The lowest BCUT2D eigenvalue weighted by Crippen LogP contribution is -2.59. The van der Waals surface area contributed by atoms with Gasteiger partial charge in [0.05, 0.1) is 25.3 Å². The van der Waals surface area contributed by atoms with Crippen molar-refractivity contribution in [3.8, 4) is 5.75 Å². The van der Waals surface area contributed by atoms with E-state index in [4.69, 9.17) is 15.2 Å². The first-order valence-electron chi connectivity index (χ1n) is 12.9. The summed E-state index contributed by atoms with van der Waals surface area (Å²) in [7, 11) is 1.55. The number of ketones is 1. The summed E-state index contributed by atoms with van der Waals surface area (Å²) in [5.41, 5.74) is 5.34. The molecule has 2 aromatic rings. The molecule has 2 aromatic carbocycles. The zero-order chi connectivity index (χ0) is 28.8. The van der Waals surface area contributed by atoms with E-state index in [9.17, 15) is 19.2 Å². The van der Waals surface area contributed by atoms with Crippen LogP contribution < -0.4 is 26.4 Å². The van der Waals surface area contributed by atoms with E-state index in [1.807, 2.05) is 30.3 Å². The lowest BCUT2D eigenvalue weighted by Gasteiger charge is -2.26. The number of amides is 3. The molecular weight excluding hydrogens is 500 g/mol. The van der Waals surface area contributed by atoms with Gasteiger partial charge in [-0.3, -0.25) is 19.2 Å². The van der Waals surface area contributed by atoms with Gasteiger partial charge in [0.15, 0.2) is 5.78 Å². The molecule has 1 aliphatic rings. The molecule has 10 nitrogen and oxygen atoms in total. The van der Waals surface area contributed by atoms with Crippen LogP contribution in [0.15, 0.2) is 54.6 Å². The van der Waals surface area contributed by atoms with Crippen LogP contribution in [-0.2, 0) is 36.8 Å². The molecule has 1 fully saturated rings. The minimum absolute atomic E-state index is 0.143. The van der Waals surface area contributed by atoms with Gasteiger partial charge < -0.3 is 31.2 Å². The number of carbonyl (C=O) groups excluding carboxylic acids is 4. The van der Waals surface area contributed by atoms with Crippen molar-refractivity contribution in [2.75, 3.05) is 13.7 Å². The molecule has 0 unspecified atom stereocenters. The number of hydrogen-bond acceptors (Lipinski definition) is 7. The van der Waals surface area contributed by atoms with Crippen molar-refractivity contribution in [1.29, 1.82) is 0 Å². The molecule has 0 radical (unpaired) electrons. The fraction of sp³-hybridized carbons (Fsp3) is 0.448. The number of rotatable bonds is 13. The molecule has 3 amide bonds. The lowest BCUT2D eigenvalue weighted by atomic mass is 9.94. The van der Waals surface area contributed by atoms with Crippen LogP contribution in [0.1, 0.15) is 38.8 Å². The molecule has 0 saturated carbocycles. The first-order chi connectivity index (χ1) is 18.3. The van der Waals surface area contributed by atoms with Crippen LogP contribution in [0.5, 0.6) is 5.75 Å². The second-order valence-electron chi connectivity index (χ2n) is 10.7. The third kappa shape index (κ3) is 8.36. The average molecular weight is 539 g/mol. The Balaban J connectivity index is 1.81. The normalized spacial score (nSPS) is 18.7. The highest BCUT2D eigenvalue weighted by atomic mass is 16.6. The van der Waals surface area contributed by atoms with E-state index in [0.717, 1.165) is 11.1 Å². The lowest BCUT2D eigenvalue weighted by molar-refractivity contribution is -0.134. The van der Waals surface area contributed by atoms with E-state index in [1.54, 1.807) is 38.3 Å². The maximum absolute atomic E-state index is 13.6. The smallest absolute Gasteiger partial charge is 0.243 e. The van der Waals surface area contributed by atoms with Gasteiger partial charge in [0.25, 0.3) is 0 Å². The number of nitrogens with one attached hydrogen (secondary N) is 3. The molecule has 0 aromatic heterocycles. The molecule has 39 heavy (non-hydrogen) atoms. The monoisotopic (exact) mass is 538 g/mol. The van der Waals surface area contributed by atoms with Crippen molar-refractivity contribution in [2.45, 2.75) is 69.8 Å². The average Bonchev–Trinajstić information content (AvgIpc) is 3.66. The summed E-state index contributed by atoms with van der Waals surface area (Å²) < 4.78 is 10.6. The molecule has 1 heterocycles. The van der Waals surface area contributed by atoms with E-state index in [1.165, 1.54) is 20.8 Å². The number of benzene rings is 2. The second kappa shape index (κ2) is 12.4. The maximum atomic E-state index is 13.6. The Labute approximate surface area is 229 Å². The van der Waals surface area contributed by atoms with Gasteiger partial charge in [-0.2, -0.15) is 0 Å². The van der Waals surface area contributed by atoms with Gasteiger partial charge in [0.1, 0.15) is 23.4 Å². The molecule has 0 bridgehead atoms. The Kier molecular flexibility index (Phi) is 9.47. The summed E-state index contributed by atoms with van der Waals surface area (Å²) in [5.74, 6) is -1.19. The molecule has 1 aliphatic heterocycles. The summed E-state index contributed by atoms with van der Waals surface area (Å²) in [4.78, 5) is 52.2. The highest BCUT2D eigenvalue weighted by molar-refractivity contribution is 5.98. The number of hydrogen-bond donors (Lipinski definition) is 4. The van der Waals surface area contributed by atoms with E-state index < -0.39 is 47.0 Å². The third-order valence-electron chi connectivity index (χ3n) is 6.57. The number of nitrogens with two attached hydrogens (primary N) is 1. The molecule has 3 rings (SSSR count). The van der Waals surface area contributed by atoms with Crippen LogP contribution in [-0.4, -0.2) is 66.5 Å². The van der Waals surface area contributed by atoms with Crippen LogP contribution in [0, 0.1) is 0 Å². The zero-order valence-electron chi connectivity index (χ0n) is 23.1. The van der Waals surface area contributed by atoms with Crippen molar-refractivity contribution in [1.82, 2.24) is 16.0 Å². The second-order valence-corrected chi connectivity index (χ2v) is 10.7. The minimum atomic E-state index is -1.18. The van der Waals surface area contributed by atoms with Crippen molar-refractivity contribution >= 4 is 23.5 Å². The van der Waals surface area contributed by atoms with E-state index in [0.29, 0.717) is 5.75 Å². The Morgan fingerprint density at radius 1 is 0.923 bits per heavy atom. The summed E-state index contributed by atoms with van der Waals surface area (Å²) in [6.07, 6.45) is 0.413. The Morgan fingerprint density at radius 2 is 1.46 bits per heavy atom. The number of epoxide rings is 1. The SMILES string of the molecule is COc1ccc(C[C@H](NC(=O)[C@H](C)NC(=O)C(C)(C)N)C(=O)N[C@@H](Cc2ccccc2)C(=O)[C@@]2(C)CO2)cc1. The van der Waals surface area contributed by atoms with E-state index in [-0.39, 0.29) is 25.2 Å². The van der Waals surface area contributed by atoms with Gasteiger partial charge in [-0.05, 0) is 57.4 Å². The Morgan fingerprint density at radius 3 is 2.00 bits per heavy atom. The van der Waals surface area contributed by atoms with Crippen molar-refractivity contribution in [3.63, 3.8) is 0 Å². The number of methoxy groups -OCH3 is 1. The van der Waals surface area contributed by atoms with Gasteiger partial charge in [0.2, 0.25) is 17.7 Å². The van der Waals surface area contributed by atoms with Gasteiger partial charge in [0, 0.05) is 6.42 Å². The highest BCUT2D eigenvalue weighted by Gasteiger charge is 2.50. The molecule has 0 spiro atoms. The molecule has 0 aliphatic carbocycles.